The minimum absolute atomic E-state index is 0.0289. The standard InChI is InChI=1S/C26H26N4O4/c1-34-21-8-6-18(7-9-21)24(31)29-23-5-3-2-4-22(23)25(32)28-20-12-16-30(17-13-20)26(33)19-10-14-27-15-11-19/h2-11,14-15,20H,12-13,16-17H2,1H3,(H,28,32)(H,29,31). The third-order valence-electron chi connectivity index (χ3n) is 5.82. The van der Waals surface area contributed by atoms with Crippen LogP contribution in [-0.4, -0.2) is 53.8 Å². The molecule has 3 aromatic rings. The van der Waals surface area contributed by atoms with Crippen LogP contribution < -0.4 is 15.4 Å². The van der Waals surface area contributed by atoms with Crippen LogP contribution in [0.15, 0.2) is 73.1 Å². The molecule has 174 valence electrons. The Bertz CT molecular complexity index is 1160. The second-order valence-corrected chi connectivity index (χ2v) is 8.00. The SMILES string of the molecule is COc1ccc(C(=O)Nc2ccccc2C(=O)NC2CCN(C(=O)c3ccncc3)CC2)cc1. The first-order chi connectivity index (χ1) is 16.5. The van der Waals surface area contributed by atoms with Crippen LogP contribution in [0, 0.1) is 0 Å². The lowest BCUT2D eigenvalue weighted by Crippen LogP contribution is -2.46. The lowest BCUT2D eigenvalue weighted by atomic mass is 10.0. The second kappa shape index (κ2) is 10.6. The maximum Gasteiger partial charge on any atom is 0.255 e. The van der Waals surface area contributed by atoms with Gasteiger partial charge in [-0.15, -0.1) is 0 Å². The quantitative estimate of drug-likeness (QED) is 0.590. The van der Waals surface area contributed by atoms with Crippen LogP contribution in [0.2, 0.25) is 0 Å². The van der Waals surface area contributed by atoms with Gasteiger partial charge in [-0.3, -0.25) is 19.4 Å². The van der Waals surface area contributed by atoms with Gasteiger partial charge in [-0.25, -0.2) is 0 Å². The van der Waals surface area contributed by atoms with Crippen LogP contribution in [-0.2, 0) is 0 Å². The topological polar surface area (TPSA) is 101 Å². The van der Waals surface area contributed by atoms with Gasteiger partial charge in [0.15, 0.2) is 0 Å². The Morgan fingerprint density at radius 3 is 2.24 bits per heavy atom. The van der Waals surface area contributed by atoms with Crippen molar-refractivity contribution < 1.29 is 19.1 Å². The lowest BCUT2D eigenvalue weighted by Gasteiger charge is -2.32. The molecular weight excluding hydrogens is 432 g/mol. The van der Waals surface area contributed by atoms with Crippen LogP contribution >= 0.6 is 0 Å². The molecule has 1 saturated heterocycles. The molecule has 4 rings (SSSR count). The van der Waals surface area contributed by atoms with Gasteiger partial charge in [-0.2, -0.15) is 0 Å². The zero-order chi connectivity index (χ0) is 23.9. The number of amides is 3. The number of aromatic nitrogens is 1. The fraction of sp³-hybridized carbons (Fsp3) is 0.231. The van der Waals surface area contributed by atoms with E-state index in [1.165, 1.54) is 0 Å². The Morgan fingerprint density at radius 1 is 0.882 bits per heavy atom. The van der Waals surface area contributed by atoms with Crippen LogP contribution in [0.1, 0.15) is 43.9 Å². The van der Waals surface area contributed by atoms with E-state index in [0.717, 1.165) is 0 Å². The molecule has 0 atom stereocenters. The van der Waals surface area contributed by atoms with E-state index in [0.29, 0.717) is 54.1 Å². The highest BCUT2D eigenvalue weighted by Gasteiger charge is 2.25. The number of hydrogen-bond donors (Lipinski definition) is 2. The van der Waals surface area contributed by atoms with Gasteiger partial charge in [0.25, 0.3) is 17.7 Å². The van der Waals surface area contributed by atoms with Crippen molar-refractivity contribution in [2.45, 2.75) is 18.9 Å². The number of piperidine rings is 1. The largest absolute Gasteiger partial charge is 0.497 e. The van der Waals surface area contributed by atoms with Gasteiger partial charge in [-0.1, -0.05) is 12.1 Å². The molecule has 34 heavy (non-hydrogen) atoms. The minimum Gasteiger partial charge on any atom is -0.497 e. The van der Waals surface area contributed by atoms with E-state index in [-0.39, 0.29) is 23.8 Å². The number of ether oxygens (including phenoxy) is 1. The molecule has 8 nitrogen and oxygen atoms in total. The summed E-state index contributed by atoms with van der Waals surface area (Å²) in [6.45, 7) is 1.11. The van der Waals surface area contributed by atoms with Gasteiger partial charge in [-0.05, 0) is 61.4 Å². The van der Waals surface area contributed by atoms with Crippen LogP contribution in [0.3, 0.4) is 0 Å². The van der Waals surface area contributed by atoms with Crippen molar-refractivity contribution in [2.24, 2.45) is 0 Å². The second-order valence-electron chi connectivity index (χ2n) is 8.00. The van der Waals surface area contributed by atoms with Gasteiger partial charge in [0.1, 0.15) is 5.75 Å². The van der Waals surface area contributed by atoms with E-state index in [4.69, 9.17) is 4.74 Å². The highest BCUT2D eigenvalue weighted by Crippen LogP contribution is 2.19. The maximum absolute atomic E-state index is 13.0. The molecule has 8 heteroatoms. The highest BCUT2D eigenvalue weighted by molar-refractivity contribution is 6.09. The molecule has 1 fully saturated rings. The van der Waals surface area contributed by atoms with Crippen molar-refractivity contribution in [3.63, 3.8) is 0 Å². The number of nitrogens with zero attached hydrogens (tertiary/aromatic N) is 2. The van der Waals surface area contributed by atoms with Gasteiger partial charge < -0.3 is 20.3 Å². The summed E-state index contributed by atoms with van der Waals surface area (Å²) in [5, 5.41) is 5.87. The molecule has 0 radical (unpaired) electrons. The first kappa shape index (κ1) is 23.0. The molecule has 0 spiro atoms. The monoisotopic (exact) mass is 458 g/mol. The zero-order valence-corrected chi connectivity index (χ0v) is 18.9. The maximum atomic E-state index is 13.0. The third-order valence-corrected chi connectivity index (χ3v) is 5.82. The minimum atomic E-state index is -0.314. The first-order valence-electron chi connectivity index (χ1n) is 11.1. The lowest BCUT2D eigenvalue weighted by molar-refractivity contribution is 0.0698. The van der Waals surface area contributed by atoms with Crippen molar-refractivity contribution in [3.05, 3.63) is 89.7 Å². The number of carbonyl (C=O) groups is 3. The van der Waals surface area contributed by atoms with Crippen molar-refractivity contribution in [1.29, 1.82) is 0 Å². The van der Waals surface area contributed by atoms with E-state index < -0.39 is 0 Å². The molecular formula is C26H26N4O4. The Hall–Kier alpha value is -4.20. The van der Waals surface area contributed by atoms with Gasteiger partial charge in [0.2, 0.25) is 0 Å². The number of carbonyl (C=O) groups excluding carboxylic acids is 3. The summed E-state index contributed by atoms with van der Waals surface area (Å²) in [7, 11) is 1.56. The number of benzene rings is 2. The van der Waals surface area contributed by atoms with Gasteiger partial charge in [0.05, 0.1) is 18.4 Å². The molecule has 0 aliphatic carbocycles. The number of anilines is 1. The third kappa shape index (κ3) is 5.40. The Morgan fingerprint density at radius 2 is 1.56 bits per heavy atom. The molecule has 0 saturated carbocycles. The van der Waals surface area contributed by atoms with Crippen molar-refractivity contribution in [3.8, 4) is 5.75 Å². The summed E-state index contributed by atoms with van der Waals surface area (Å²) < 4.78 is 5.12. The summed E-state index contributed by atoms with van der Waals surface area (Å²) in [5.74, 6) is 0.0546. The predicted octanol–water partition coefficient (Wildman–Crippen LogP) is 3.38. The van der Waals surface area contributed by atoms with Crippen LogP contribution in [0.25, 0.3) is 0 Å². The molecule has 2 aromatic carbocycles. The van der Waals surface area contributed by atoms with Crippen molar-refractivity contribution >= 4 is 23.4 Å². The van der Waals surface area contributed by atoms with E-state index in [1.807, 2.05) is 0 Å². The average molecular weight is 459 g/mol. The van der Waals surface area contributed by atoms with Gasteiger partial charge in [0, 0.05) is 42.7 Å². The van der Waals surface area contributed by atoms with E-state index in [1.54, 1.807) is 85.1 Å². The first-order valence-corrected chi connectivity index (χ1v) is 11.1. The van der Waals surface area contributed by atoms with Crippen molar-refractivity contribution in [2.75, 3.05) is 25.5 Å². The van der Waals surface area contributed by atoms with Gasteiger partial charge >= 0.3 is 0 Å². The summed E-state index contributed by atoms with van der Waals surface area (Å²) in [6.07, 6.45) is 4.52. The highest BCUT2D eigenvalue weighted by atomic mass is 16.5. The van der Waals surface area contributed by atoms with E-state index in [2.05, 4.69) is 15.6 Å². The summed E-state index contributed by atoms with van der Waals surface area (Å²) in [4.78, 5) is 44.0. The smallest absolute Gasteiger partial charge is 0.255 e. The average Bonchev–Trinajstić information content (AvgIpc) is 2.89. The number of pyridine rings is 1. The molecule has 3 amide bonds. The summed E-state index contributed by atoms with van der Waals surface area (Å²) >= 11 is 0. The van der Waals surface area contributed by atoms with Crippen LogP contribution in [0.4, 0.5) is 5.69 Å². The number of hydrogen-bond acceptors (Lipinski definition) is 5. The number of methoxy groups -OCH3 is 1. The van der Waals surface area contributed by atoms with E-state index >= 15 is 0 Å². The summed E-state index contributed by atoms with van der Waals surface area (Å²) in [5.41, 5.74) is 1.90. The fourth-order valence-corrected chi connectivity index (χ4v) is 3.89. The molecule has 0 unspecified atom stereocenters. The van der Waals surface area contributed by atoms with Crippen molar-refractivity contribution in [1.82, 2.24) is 15.2 Å². The Balaban J connectivity index is 1.36. The molecule has 0 bridgehead atoms. The van der Waals surface area contributed by atoms with E-state index in [9.17, 15) is 14.4 Å². The molecule has 1 aromatic heterocycles. The predicted molar refractivity (Wildman–Crippen MR) is 128 cm³/mol. The molecule has 1 aliphatic heterocycles. The molecule has 2 heterocycles. The normalized spacial score (nSPS) is 13.7. The number of rotatable bonds is 6. The molecule has 1 aliphatic rings. The number of likely N-dealkylation sites (tertiary alicyclic amines) is 1. The summed E-state index contributed by atoms with van der Waals surface area (Å²) in [6, 6.07) is 17.0. The molecule has 2 N–H and O–H groups in total. The fourth-order valence-electron chi connectivity index (χ4n) is 3.89. The number of nitrogens with one attached hydrogen (secondary N) is 2. The zero-order valence-electron chi connectivity index (χ0n) is 18.9. The van der Waals surface area contributed by atoms with Crippen LogP contribution in [0.5, 0.6) is 5.75 Å². The Kier molecular flexibility index (Phi) is 7.17. The Labute approximate surface area is 198 Å². The number of para-hydroxylation sites is 1.